The number of alkyl carbamates (subject to hydrolysis) is 1. The van der Waals surface area contributed by atoms with Gasteiger partial charge in [-0.3, -0.25) is 9.59 Å². The number of rotatable bonds is 9. The molecule has 0 aliphatic heterocycles. The molecule has 10 heteroatoms. The number of carbonyl (C=O) groups excluding carboxylic acids is 2. The van der Waals surface area contributed by atoms with Crippen LogP contribution < -0.4 is 10.6 Å². The zero-order chi connectivity index (χ0) is 24.5. The standard InChI is InChI=1S/C24H24F2N2O6/c25-24(26)19(21(24)22(32)27-10-13(29)9-20(30)31)11-28-23(33)34-12-18-16-7-3-1-5-14(16)15-6-2-4-8-17(15)18/h1-8,13,18-19,21,29H,9-12H2,(H,27,32)(H,28,33)(H,30,31). The number of fused-ring (bicyclic) bond motifs is 3. The maximum atomic E-state index is 14.0. The Kier molecular flexibility index (Phi) is 6.52. The molecule has 0 heterocycles. The molecule has 3 atom stereocenters. The lowest BCUT2D eigenvalue weighted by Gasteiger charge is -2.14. The molecule has 3 unspecified atom stereocenters. The van der Waals surface area contributed by atoms with Gasteiger partial charge in [0.05, 0.1) is 18.4 Å². The van der Waals surface area contributed by atoms with Crippen LogP contribution in [0.25, 0.3) is 11.1 Å². The number of benzene rings is 2. The van der Waals surface area contributed by atoms with Crippen LogP contribution in [-0.2, 0) is 14.3 Å². The van der Waals surface area contributed by atoms with Crippen molar-refractivity contribution >= 4 is 18.0 Å². The summed E-state index contributed by atoms with van der Waals surface area (Å²) in [4.78, 5) is 34.7. The lowest BCUT2D eigenvalue weighted by atomic mass is 9.98. The predicted molar refractivity (Wildman–Crippen MR) is 116 cm³/mol. The number of hydrogen-bond donors (Lipinski definition) is 4. The van der Waals surface area contributed by atoms with E-state index in [1.54, 1.807) is 0 Å². The van der Waals surface area contributed by atoms with Crippen molar-refractivity contribution in [3.05, 3.63) is 59.7 Å². The van der Waals surface area contributed by atoms with E-state index in [0.29, 0.717) is 0 Å². The molecule has 0 aromatic heterocycles. The molecule has 0 radical (unpaired) electrons. The van der Waals surface area contributed by atoms with Crippen molar-refractivity contribution in [1.29, 1.82) is 0 Å². The van der Waals surface area contributed by atoms with Crippen molar-refractivity contribution in [2.45, 2.75) is 24.4 Å². The third-order valence-electron chi connectivity index (χ3n) is 6.22. The van der Waals surface area contributed by atoms with Crippen LogP contribution in [0, 0.1) is 11.8 Å². The Morgan fingerprint density at radius 3 is 2.18 bits per heavy atom. The number of hydrogen-bond acceptors (Lipinski definition) is 5. The monoisotopic (exact) mass is 474 g/mol. The number of carboxylic acids is 1. The van der Waals surface area contributed by atoms with Crippen molar-refractivity contribution in [3.8, 4) is 11.1 Å². The fourth-order valence-electron chi connectivity index (χ4n) is 4.45. The highest BCUT2D eigenvalue weighted by Gasteiger charge is 2.71. The highest BCUT2D eigenvalue weighted by molar-refractivity contribution is 5.84. The normalized spacial score (nSPS) is 20.6. The molecule has 1 saturated carbocycles. The average molecular weight is 474 g/mol. The van der Waals surface area contributed by atoms with E-state index in [-0.39, 0.29) is 12.5 Å². The average Bonchev–Trinajstić information content (AvgIpc) is 3.20. The number of ether oxygens (including phenoxy) is 1. The zero-order valence-electron chi connectivity index (χ0n) is 18.0. The quantitative estimate of drug-likeness (QED) is 0.442. The Labute approximate surface area is 193 Å². The van der Waals surface area contributed by atoms with Gasteiger partial charge in [-0.2, -0.15) is 0 Å². The van der Waals surface area contributed by atoms with Gasteiger partial charge in [0.15, 0.2) is 0 Å². The highest BCUT2D eigenvalue weighted by atomic mass is 19.3. The van der Waals surface area contributed by atoms with Gasteiger partial charge in [-0.15, -0.1) is 0 Å². The first-order valence-corrected chi connectivity index (χ1v) is 10.8. The number of amides is 2. The molecule has 34 heavy (non-hydrogen) atoms. The van der Waals surface area contributed by atoms with Crippen molar-refractivity contribution in [2.24, 2.45) is 11.8 Å². The van der Waals surface area contributed by atoms with E-state index >= 15 is 0 Å². The first-order valence-electron chi connectivity index (χ1n) is 10.8. The molecule has 1 fully saturated rings. The molecular formula is C24H24F2N2O6. The summed E-state index contributed by atoms with van der Waals surface area (Å²) in [5, 5.41) is 22.5. The second kappa shape index (κ2) is 9.38. The number of aliphatic hydroxyl groups excluding tert-OH is 1. The smallest absolute Gasteiger partial charge is 0.407 e. The predicted octanol–water partition coefficient (Wildman–Crippen LogP) is 2.36. The Morgan fingerprint density at radius 2 is 1.59 bits per heavy atom. The number of alkyl halides is 2. The maximum Gasteiger partial charge on any atom is 0.407 e. The molecule has 8 nitrogen and oxygen atoms in total. The van der Waals surface area contributed by atoms with Crippen LogP contribution in [0.5, 0.6) is 0 Å². The largest absolute Gasteiger partial charge is 0.481 e. The Balaban J connectivity index is 1.27. The molecule has 2 aromatic carbocycles. The Bertz CT molecular complexity index is 1060. The second-order valence-corrected chi connectivity index (χ2v) is 8.46. The van der Waals surface area contributed by atoms with Crippen molar-refractivity contribution in [1.82, 2.24) is 10.6 Å². The van der Waals surface area contributed by atoms with E-state index < -0.39 is 61.3 Å². The first kappa shape index (κ1) is 23.6. The summed E-state index contributed by atoms with van der Waals surface area (Å²) in [6.45, 7) is -0.879. The summed E-state index contributed by atoms with van der Waals surface area (Å²) in [5.41, 5.74) is 4.17. The van der Waals surface area contributed by atoms with Gasteiger partial charge in [-0.1, -0.05) is 48.5 Å². The molecular weight excluding hydrogens is 450 g/mol. The second-order valence-electron chi connectivity index (χ2n) is 8.46. The van der Waals surface area contributed by atoms with E-state index in [9.17, 15) is 28.3 Å². The minimum atomic E-state index is -3.32. The van der Waals surface area contributed by atoms with Gasteiger partial charge in [0.2, 0.25) is 5.91 Å². The lowest BCUT2D eigenvalue weighted by molar-refractivity contribution is -0.139. The van der Waals surface area contributed by atoms with Crippen molar-refractivity contribution in [2.75, 3.05) is 19.7 Å². The number of nitrogens with one attached hydrogen (secondary N) is 2. The van der Waals surface area contributed by atoms with Gasteiger partial charge in [0.25, 0.3) is 5.92 Å². The summed E-state index contributed by atoms with van der Waals surface area (Å²) < 4.78 is 33.4. The van der Waals surface area contributed by atoms with Gasteiger partial charge < -0.3 is 25.6 Å². The number of carbonyl (C=O) groups is 3. The van der Waals surface area contributed by atoms with Crippen LogP contribution in [0.1, 0.15) is 23.5 Å². The van der Waals surface area contributed by atoms with Gasteiger partial charge in [-0.05, 0) is 22.3 Å². The van der Waals surface area contributed by atoms with Crippen LogP contribution in [0.2, 0.25) is 0 Å². The van der Waals surface area contributed by atoms with Gasteiger partial charge in [0.1, 0.15) is 12.5 Å². The van der Waals surface area contributed by atoms with Gasteiger partial charge in [0, 0.05) is 19.0 Å². The molecule has 2 aliphatic rings. The topological polar surface area (TPSA) is 125 Å². The van der Waals surface area contributed by atoms with Crippen molar-refractivity contribution < 1.29 is 38.1 Å². The number of aliphatic hydroxyl groups is 1. The number of halogens is 2. The van der Waals surface area contributed by atoms with Crippen LogP contribution in [0.3, 0.4) is 0 Å². The Morgan fingerprint density at radius 1 is 1.00 bits per heavy atom. The molecule has 2 aliphatic carbocycles. The van der Waals surface area contributed by atoms with Crippen LogP contribution in [0.4, 0.5) is 13.6 Å². The minimum absolute atomic E-state index is 0.0340. The third kappa shape index (κ3) is 4.72. The van der Waals surface area contributed by atoms with Crippen molar-refractivity contribution in [3.63, 3.8) is 0 Å². The molecule has 4 N–H and O–H groups in total. The lowest BCUT2D eigenvalue weighted by Crippen LogP contribution is -2.35. The molecule has 0 spiro atoms. The third-order valence-corrected chi connectivity index (χ3v) is 6.22. The molecule has 4 rings (SSSR count). The zero-order valence-corrected chi connectivity index (χ0v) is 18.0. The van der Waals surface area contributed by atoms with E-state index in [1.165, 1.54) is 0 Å². The fraction of sp³-hybridized carbons (Fsp3) is 0.375. The summed E-state index contributed by atoms with van der Waals surface area (Å²) >= 11 is 0. The molecule has 2 aromatic rings. The number of aliphatic carboxylic acids is 1. The summed E-state index contributed by atoms with van der Waals surface area (Å²) in [5.74, 6) is -8.85. The molecule has 0 saturated heterocycles. The SMILES string of the molecule is O=C(O)CC(O)CNC(=O)C1C(CNC(=O)OCC2c3ccccc3-c3ccccc32)C1(F)F. The maximum absolute atomic E-state index is 14.0. The summed E-state index contributed by atoms with van der Waals surface area (Å²) in [7, 11) is 0. The van der Waals surface area contributed by atoms with E-state index in [0.717, 1.165) is 22.3 Å². The van der Waals surface area contributed by atoms with E-state index in [4.69, 9.17) is 9.84 Å². The summed E-state index contributed by atoms with van der Waals surface area (Å²) in [6.07, 6.45) is -2.86. The van der Waals surface area contributed by atoms with Crippen LogP contribution in [-0.4, -0.2) is 59.9 Å². The highest BCUT2D eigenvalue weighted by Crippen LogP contribution is 2.55. The van der Waals surface area contributed by atoms with E-state index in [2.05, 4.69) is 10.6 Å². The molecule has 0 bridgehead atoms. The summed E-state index contributed by atoms with van der Waals surface area (Å²) in [6, 6.07) is 15.6. The number of carboxylic acid groups (broad SMARTS) is 1. The molecule has 180 valence electrons. The Hall–Kier alpha value is -3.53. The van der Waals surface area contributed by atoms with E-state index in [1.807, 2.05) is 48.5 Å². The van der Waals surface area contributed by atoms with Gasteiger partial charge in [-0.25, -0.2) is 13.6 Å². The van der Waals surface area contributed by atoms with Crippen LogP contribution >= 0.6 is 0 Å². The van der Waals surface area contributed by atoms with Gasteiger partial charge >= 0.3 is 12.1 Å². The first-order chi connectivity index (χ1) is 16.2. The minimum Gasteiger partial charge on any atom is -0.481 e. The fourth-order valence-corrected chi connectivity index (χ4v) is 4.45. The van der Waals surface area contributed by atoms with Crippen LogP contribution in [0.15, 0.2) is 48.5 Å². The molecule has 2 amide bonds.